The monoisotopic (exact) mass is 275 g/mol. The van der Waals surface area contributed by atoms with Crippen LogP contribution in [0.25, 0.3) is 0 Å². The van der Waals surface area contributed by atoms with E-state index in [2.05, 4.69) is 46.9 Å². The Hall–Kier alpha value is -1.62. The maximum Gasteiger partial charge on any atom is 0.0951 e. The van der Waals surface area contributed by atoms with E-state index in [0.29, 0.717) is 5.92 Å². The van der Waals surface area contributed by atoms with Crippen LogP contribution < -0.4 is 5.32 Å². The largest absolute Gasteiger partial charge is 0.329 e. The minimum atomic E-state index is 0.663. The van der Waals surface area contributed by atoms with Crippen molar-refractivity contribution in [2.45, 2.75) is 40.3 Å². The van der Waals surface area contributed by atoms with Gasteiger partial charge in [-0.25, -0.2) is 4.98 Å². The SMILES string of the molecule is CCc1nn(C)cc1Cn1cncc1CNCC(C)C. The number of hydrogen-bond acceptors (Lipinski definition) is 3. The first kappa shape index (κ1) is 14.8. The van der Waals surface area contributed by atoms with Crippen LogP contribution in [-0.4, -0.2) is 25.9 Å². The molecule has 2 rings (SSSR count). The van der Waals surface area contributed by atoms with E-state index in [4.69, 9.17) is 0 Å². The van der Waals surface area contributed by atoms with Gasteiger partial charge in [0.2, 0.25) is 0 Å². The summed E-state index contributed by atoms with van der Waals surface area (Å²) in [4.78, 5) is 4.27. The minimum Gasteiger partial charge on any atom is -0.329 e. The molecule has 20 heavy (non-hydrogen) atoms. The molecule has 0 atom stereocenters. The molecule has 0 aliphatic heterocycles. The average molecular weight is 275 g/mol. The molecule has 0 saturated heterocycles. The van der Waals surface area contributed by atoms with Gasteiger partial charge in [-0.15, -0.1) is 0 Å². The summed E-state index contributed by atoms with van der Waals surface area (Å²) in [6, 6.07) is 0. The standard InChI is InChI=1S/C15H25N5/c1-5-15-13(9-19(4)18-15)10-20-11-17-8-14(20)7-16-6-12(2)3/h8-9,11-12,16H,5-7,10H2,1-4H3. The molecule has 0 spiro atoms. The summed E-state index contributed by atoms with van der Waals surface area (Å²) in [7, 11) is 1.97. The molecule has 0 aliphatic rings. The number of aryl methyl sites for hydroxylation is 2. The van der Waals surface area contributed by atoms with Gasteiger partial charge in [-0.1, -0.05) is 20.8 Å². The van der Waals surface area contributed by atoms with Crippen LogP contribution in [0, 0.1) is 5.92 Å². The highest BCUT2D eigenvalue weighted by Crippen LogP contribution is 2.11. The second kappa shape index (κ2) is 6.70. The molecule has 0 radical (unpaired) electrons. The zero-order valence-corrected chi connectivity index (χ0v) is 12.9. The highest BCUT2D eigenvalue weighted by atomic mass is 15.3. The maximum atomic E-state index is 4.49. The maximum absolute atomic E-state index is 4.49. The molecular weight excluding hydrogens is 250 g/mol. The van der Waals surface area contributed by atoms with Gasteiger partial charge < -0.3 is 9.88 Å². The minimum absolute atomic E-state index is 0.663. The molecule has 110 valence electrons. The van der Waals surface area contributed by atoms with Crippen LogP contribution in [0.4, 0.5) is 0 Å². The van der Waals surface area contributed by atoms with Crippen molar-refractivity contribution in [3.8, 4) is 0 Å². The van der Waals surface area contributed by atoms with E-state index in [0.717, 1.165) is 26.1 Å². The van der Waals surface area contributed by atoms with Crippen molar-refractivity contribution in [3.63, 3.8) is 0 Å². The fourth-order valence-electron chi connectivity index (χ4n) is 2.32. The number of imidazole rings is 1. The Labute approximate surface area is 121 Å². The normalized spacial score (nSPS) is 11.4. The van der Waals surface area contributed by atoms with Gasteiger partial charge in [0, 0.05) is 31.5 Å². The molecular formula is C15H25N5. The zero-order valence-electron chi connectivity index (χ0n) is 12.9. The molecule has 2 aromatic rings. The topological polar surface area (TPSA) is 47.7 Å². The lowest BCUT2D eigenvalue weighted by atomic mass is 10.2. The van der Waals surface area contributed by atoms with E-state index in [1.807, 2.05) is 24.3 Å². The molecule has 2 aromatic heterocycles. The predicted molar refractivity (Wildman–Crippen MR) is 80.5 cm³/mol. The second-order valence-electron chi connectivity index (χ2n) is 5.67. The second-order valence-corrected chi connectivity index (χ2v) is 5.67. The van der Waals surface area contributed by atoms with Crippen LogP contribution in [0.5, 0.6) is 0 Å². The third-order valence-corrected chi connectivity index (χ3v) is 3.32. The van der Waals surface area contributed by atoms with Gasteiger partial charge >= 0.3 is 0 Å². The lowest BCUT2D eigenvalue weighted by Crippen LogP contribution is -2.21. The van der Waals surface area contributed by atoms with Crippen molar-refractivity contribution in [3.05, 3.63) is 35.7 Å². The van der Waals surface area contributed by atoms with Gasteiger partial charge in [0.1, 0.15) is 0 Å². The van der Waals surface area contributed by atoms with Crippen molar-refractivity contribution in [1.82, 2.24) is 24.6 Å². The molecule has 0 aromatic carbocycles. The Kier molecular flexibility index (Phi) is 4.95. The lowest BCUT2D eigenvalue weighted by Gasteiger charge is -2.10. The number of aromatic nitrogens is 4. The smallest absolute Gasteiger partial charge is 0.0951 e. The summed E-state index contributed by atoms with van der Waals surface area (Å²) in [5.74, 6) is 0.663. The molecule has 1 N–H and O–H groups in total. The summed E-state index contributed by atoms with van der Waals surface area (Å²) < 4.78 is 4.09. The molecule has 2 heterocycles. The number of hydrogen-bond donors (Lipinski definition) is 1. The Bertz CT molecular complexity index is 538. The quantitative estimate of drug-likeness (QED) is 0.840. The van der Waals surface area contributed by atoms with Crippen molar-refractivity contribution in [2.75, 3.05) is 6.54 Å². The van der Waals surface area contributed by atoms with Crippen LogP contribution in [0.15, 0.2) is 18.7 Å². The third kappa shape index (κ3) is 3.70. The van der Waals surface area contributed by atoms with Gasteiger partial charge in [0.05, 0.1) is 24.3 Å². The molecule has 0 bridgehead atoms. The Morgan fingerprint density at radius 3 is 2.85 bits per heavy atom. The van der Waals surface area contributed by atoms with E-state index in [1.54, 1.807) is 0 Å². The number of nitrogens with one attached hydrogen (secondary N) is 1. The molecule has 0 fully saturated rings. The Balaban J connectivity index is 2.04. The first-order valence-corrected chi connectivity index (χ1v) is 7.31. The third-order valence-electron chi connectivity index (χ3n) is 3.32. The molecule has 0 aliphatic carbocycles. The van der Waals surface area contributed by atoms with Crippen LogP contribution in [0.2, 0.25) is 0 Å². The van der Waals surface area contributed by atoms with Crippen molar-refractivity contribution >= 4 is 0 Å². The summed E-state index contributed by atoms with van der Waals surface area (Å²) in [5.41, 5.74) is 3.66. The molecule has 0 unspecified atom stereocenters. The van der Waals surface area contributed by atoms with Gasteiger partial charge in [-0.3, -0.25) is 4.68 Å². The van der Waals surface area contributed by atoms with Crippen molar-refractivity contribution in [2.24, 2.45) is 13.0 Å². The van der Waals surface area contributed by atoms with Gasteiger partial charge in [-0.2, -0.15) is 5.10 Å². The van der Waals surface area contributed by atoms with E-state index in [9.17, 15) is 0 Å². The Morgan fingerprint density at radius 1 is 1.35 bits per heavy atom. The molecule has 5 nitrogen and oxygen atoms in total. The number of nitrogens with zero attached hydrogens (tertiary/aromatic N) is 4. The fraction of sp³-hybridized carbons (Fsp3) is 0.600. The van der Waals surface area contributed by atoms with Crippen LogP contribution >= 0.6 is 0 Å². The highest BCUT2D eigenvalue weighted by molar-refractivity contribution is 5.18. The van der Waals surface area contributed by atoms with E-state index in [1.165, 1.54) is 17.0 Å². The molecule has 5 heteroatoms. The fourth-order valence-corrected chi connectivity index (χ4v) is 2.32. The summed E-state index contributed by atoms with van der Waals surface area (Å²) in [6.07, 6.45) is 6.91. The molecule has 0 amide bonds. The summed E-state index contributed by atoms with van der Waals surface area (Å²) in [5, 5.41) is 7.96. The summed E-state index contributed by atoms with van der Waals surface area (Å²) in [6.45, 7) is 9.31. The van der Waals surface area contributed by atoms with Gasteiger partial charge in [-0.05, 0) is 18.9 Å². The highest BCUT2D eigenvalue weighted by Gasteiger charge is 2.09. The van der Waals surface area contributed by atoms with Crippen LogP contribution in [0.3, 0.4) is 0 Å². The van der Waals surface area contributed by atoms with Crippen LogP contribution in [-0.2, 0) is 26.6 Å². The zero-order chi connectivity index (χ0) is 14.5. The van der Waals surface area contributed by atoms with E-state index < -0.39 is 0 Å². The van der Waals surface area contributed by atoms with Crippen molar-refractivity contribution < 1.29 is 0 Å². The molecule has 0 saturated carbocycles. The van der Waals surface area contributed by atoms with E-state index >= 15 is 0 Å². The first-order valence-electron chi connectivity index (χ1n) is 7.31. The number of rotatable bonds is 7. The van der Waals surface area contributed by atoms with Crippen LogP contribution in [0.1, 0.15) is 37.7 Å². The van der Waals surface area contributed by atoms with Crippen molar-refractivity contribution in [1.29, 1.82) is 0 Å². The van der Waals surface area contributed by atoms with Gasteiger partial charge in [0.25, 0.3) is 0 Å². The first-order chi connectivity index (χ1) is 9.60. The van der Waals surface area contributed by atoms with Gasteiger partial charge in [0.15, 0.2) is 0 Å². The Morgan fingerprint density at radius 2 is 2.15 bits per heavy atom. The average Bonchev–Trinajstić information content (AvgIpc) is 2.96. The summed E-state index contributed by atoms with van der Waals surface area (Å²) >= 11 is 0. The van der Waals surface area contributed by atoms with E-state index in [-0.39, 0.29) is 0 Å². The predicted octanol–water partition coefficient (Wildman–Crippen LogP) is 1.97. The lowest BCUT2D eigenvalue weighted by molar-refractivity contribution is 0.539.